The van der Waals surface area contributed by atoms with Gasteiger partial charge in [-0.25, -0.2) is 0 Å². The lowest BCUT2D eigenvalue weighted by Crippen LogP contribution is -2.06. The molecule has 13 heavy (non-hydrogen) atoms. The van der Waals surface area contributed by atoms with Gasteiger partial charge in [-0.15, -0.1) is 0 Å². The first-order valence-electron chi connectivity index (χ1n) is 4.55. The Morgan fingerprint density at radius 3 is 1.69 bits per heavy atom. The molecule has 0 amide bonds. The molecule has 0 unspecified atom stereocenters. The summed E-state index contributed by atoms with van der Waals surface area (Å²) >= 11 is 0. The highest BCUT2D eigenvalue weighted by Gasteiger charge is 2.72. The van der Waals surface area contributed by atoms with Crippen LogP contribution in [0.3, 0.4) is 0 Å². The summed E-state index contributed by atoms with van der Waals surface area (Å²) in [7, 11) is 0. The van der Waals surface area contributed by atoms with E-state index in [9.17, 15) is 9.59 Å². The van der Waals surface area contributed by atoms with Crippen LogP contribution in [0.2, 0.25) is 0 Å². The van der Waals surface area contributed by atoms with Gasteiger partial charge in [-0.1, -0.05) is 12.8 Å². The molecule has 4 nitrogen and oxygen atoms in total. The second-order valence-electron chi connectivity index (χ2n) is 4.07. The SMILES string of the molecule is O=C(O)[C@H]1[C@H](C(=O)O)C12CCCC2. The van der Waals surface area contributed by atoms with Crippen molar-refractivity contribution in [3.63, 3.8) is 0 Å². The van der Waals surface area contributed by atoms with E-state index >= 15 is 0 Å². The fourth-order valence-corrected chi connectivity index (χ4v) is 2.92. The maximum absolute atomic E-state index is 10.8. The zero-order valence-corrected chi connectivity index (χ0v) is 7.19. The molecular formula is C9H12O4. The van der Waals surface area contributed by atoms with E-state index in [2.05, 4.69) is 0 Å². The predicted molar refractivity (Wildman–Crippen MR) is 43.2 cm³/mol. The first-order chi connectivity index (χ1) is 6.09. The molecular weight excluding hydrogens is 172 g/mol. The van der Waals surface area contributed by atoms with Crippen LogP contribution in [-0.4, -0.2) is 22.2 Å². The molecule has 2 aliphatic rings. The van der Waals surface area contributed by atoms with Crippen LogP contribution in [0.15, 0.2) is 0 Å². The van der Waals surface area contributed by atoms with Crippen molar-refractivity contribution >= 4 is 11.9 Å². The molecule has 0 aliphatic heterocycles. The smallest absolute Gasteiger partial charge is 0.307 e. The van der Waals surface area contributed by atoms with E-state index in [1.54, 1.807) is 0 Å². The number of carboxylic acid groups (broad SMARTS) is 2. The summed E-state index contributed by atoms with van der Waals surface area (Å²) in [6, 6.07) is 0. The van der Waals surface area contributed by atoms with Crippen LogP contribution in [0.1, 0.15) is 25.7 Å². The summed E-state index contributed by atoms with van der Waals surface area (Å²) < 4.78 is 0. The lowest BCUT2D eigenvalue weighted by atomic mass is 10.0. The van der Waals surface area contributed by atoms with E-state index in [1.165, 1.54) is 0 Å². The Morgan fingerprint density at radius 2 is 1.38 bits per heavy atom. The third-order valence-corrected chi connectivity index (χ3v) is 3.53. The molecule has 2 N–H and O–H groups in total. The standard InChI is InChI=1S/C9H12O4/c10-7(11)5-6(8(12)13)9(5)3-1-2-4-9/h5-6H,1-4H2,(H,10,11)(H,12,13)/t5-,6-/m1/s1. The van der Waals surface area contributed by atoms with E-state index in [-0.39, 0.29) is 5.41 Å². The molecule has 4 heteroatoms. The van der Waals surface area contributed by atoms with Crippen molar-refractivity contribution in [3.05, 3.63) is 0 Å². The lowest BCUT2D eigenvalue weighted by molar-refractivity contribution is -0.144. The van der Waals surface area contributed by atoms with Gasteiger partial charge in [0.25, 0.3) is 0 Å². The van der Waals surface area contributed by atoms with Crippen LogP contribution in [0.25, 0.3) is 0 Å². The van der Waals surface area contributed by atoms with E-state index in [0.717, 1.165) is 25.7 Å². The third kappa shape index (κ3) is 0.975. The number of aliphatic carboxylic acids is 2. The number of hydrogen-bond acceptors (Lipinski definition) is 2. The van der Waals surface area contributed by atoms with Crippen molar-refractivity contribution in [2.45, 2.75) is 25.7 Å². The first kappa shape index (κ1) is 8.53. The Morgan fingerprint density at radius 1 is 1.00 bits per heavy atom. The molecule has 2 fully saturated rings. The lowest BCUT2D eigenvalue weighted by Gasteiger charge is -2.04. The number of rotatable bonds is 2. The maximum Gasteiger partial charge on any atom is 0.307 e. The average molecular weight is 184 g/mol. The van der Waals surface area contributed by atoms with Gasteiger partial charge in [0.05, 0.1) is 11.8 Å². The molecule has 0 aromatic carbocycles. The Bertz CT molecular complexity index is 243. The highest BCUT2D eigenvalue weighted by atomic mass is 16.4. The van der Waals surface area contributed by atoms with Gasteiger partial charge in [0.15, 0.2) is 0 Å². The van der Waals surface area contributed by atoms with E-state index < -0.39 is 23.8 Å². The summed E-state index contributed by atoms with van der Waals surface area (Å²) in [4.78, 5) is 21.5. The molecule has 2 rings (SSSR count). The molecule has 0 aromatic rings. The summed E-state index contributed by atoms with van der Waals surface area (Å²) in [6.07, 6.45) is 3.52. The first-order valence-corrected chi connectivity index (χ1v) is 4.55. The fourth-order valence-electron chi connectivity index (χ4n) is 2.92. The van der Waals surface area contributed by atoms with Crippen LogP contribution >= 0.6 is 0 Å². The normalized spacial score (nSPS) is 34.8. The summed E-state index contributed by atoms with van der Waals surface area (Å²) in [6.45, 7) is 0. The van der Waals surface area contributed by atoms with Gasteiger partial charge in [-0.05, 0) is 18.3 Å². The quantitative estimate of drug-likeness (QED) is 0.670. The zero-order chi connectivity index (χ0) is 9.64. The minimum atomic E-state index is -0.936. The van der Waals surface area contributed by atoms with Crippen LogP contribution < -0.4 is 0 Å². The van der Waals surface area contributed by atoms with Gasteiger partial charge < -0.3 is 10.2 Å². The zero-order valence-electron chi connectivity index (χ0n) is 7.19. The number of hydrogen-bond donors (Lipinski definition) is 2. The van der Waals surface area contributed by atoms with Crippen molar-refractivity contribution in [1.82, 2.24) is 0 Å². The molecule has 2 aliphatic carbocycles. The van der Waals surface area contributed by atoms with Gasteiger partial charge in [0.2, 0.25) is 0 Å². The number of carboxylic acids is 2. The molecule has 0 saturated heterocycles. The monoisotopic (exact) mass is 184 g/mol. The fraction of sp³-hybridized carbons (Fsp3) is 0.778. The van der Waals surface area contributed by atoms with Crippen LogP contribution in [0.4, 0.5) is 0 Å². The average Bonchev–Trinajstić information content (AvgIpc) is 2.40. The molecule has 0 bridgehead atoms. The van der Waals surface area contributed by atoms with Gasteiger partial charge in [-0.3, -0.25) is 9.59 Å². The molecule has 1 spiro atoms. The Labute approximate surface area is 75.6 Å². The van der Waals surface area contributed by atoms with Gasteiger partial charge in [-0.2, -0.15) is 0 Å². The maximum atomic E-state index is 10.8. The second kappa shape index (κ2) is 2.47. The van der Waals surface area contributed by atoms with Gasteiger partial charge >= 0.3 is 11.9 Å². The Kier molecular flexibility index (Phi) is 1.62. The number of carbonyl (C=O) groups is 2. The van der Waals surface area contributed by atoms with Gasteiger partial charge in [0.1, 0.15) is 0 Å². The van der Waals surface area contributed by atoms with Crippen LogP contribution in [0.5, 0.6) is 0 Å². The second-order valence-corrected chi connectivity index (χ2v) is 4.07. The van der Waals surface area contributed by atoms with Crippen molar-refractivity contribution in [1.29, 1.82) is 0 Å². The van der Waals surface area contributed by atoms with Crippen molar-refractivity contribution in [3.8, 4) is 0 Å². The highest BCUT2D eigenvalue weighted by molar-refractivity contribution is 5.88. The molecule has 2 saturated carbocycles. The Balaban J connectivity index is 2.21. The topological polar surface area (TPSA) is 74.6 Å². The molecule has 0 heterocycles. The van der Waals surface area contributed by atoms with Crippen molar-refractivity contribution in [2.75, 3.05) is 0 Å². The summed E-state index contributed by atoms with van der Waals surface area (Å²) in [5.41, 5.74) is -0.377. The molecule has 0 radical (unpaired) electrons. The molecule has 2 atom stereocenters. The van der Waals surface area contributed by atoms with E-state index in [1.807, 2.05) is 0 Å². The van der Waals surface area contributed by atoms with Crippen molar-refractivity contribution < 1.29 is 19.8 Å². The third-order valence-electron chi connectivity index (χ3n) is 3.53. The van der Waals surface area contributed by atoms with Gasteiger partial charge in [0, 0.05) is 0 Å². The molecule has 0 aromatic heterocycles. The molecule has 72 valence electrons. The predicted octanol–water partition coefficient (Wildman–Crippen LogP) is 0.962. The van der Waals surface area contributed by atoms with E-state index in [4.69, 9.17) is 10.2 Å². The minimum absolute atomic E-state index is 0.377. The van der Waals surface area contributed by atoms with Crippen LogP contribution in [0, 0.1) is 17.3 Å². The summed E-state index contributed by atoms with van der Waals surface area (Å²) in [5, 5.41) is 17.7. The minimum Gasteiger partial charge on any atom is -0.481 e. The summed E-state index contributed by atoms with van der Waals surface area (Å²) in [5.74, 6) is -3.11. The van der Waals surface area contributed by atoms with Crippen molar-refractivity contribution in [2.24, 2.45) is 17.3 Å². The van der Waals surface area contributed by atoms with Crippen LogP contribution in [-0.2, 0) is 9.59 Å². The van der Waals surface area contributed by atoms with E-state index in [0.29, 0.717) is 0 Å². The Hall–Kier alpha value is -1.06. The highest BCUT2D eigenvalue weighted by Crippen LogP contribution is 2.67. The largest absolute Gasteiger partial charge is 0.481 e.